The molecule has 3 nitrogen and oxygen atoms in total. The molecule has 158 valence electrons. The normalized spacial score (nSPS) is 18.5. The molecule has 8 heteroatoms. The first-order valence-corrected chi connectivity index (χ1v) is 22.3. The zero-order chi connectivity index (χ0) is 20.8. The van der Waals surface area contributed by atoms with Crippen LogP contribution in [-0.4, -0.2) is 33.1 Å². The highest BCUT2D eigenvalue weighted by molar-refractivity contribution is 7.20. The summed E-state index contributed by atoms with van der Waals surface area (Å²) in [6, 6.07) is 1.19. The van der Waals surface area contributed by atoms with E-state index in [1.165, 1.54) is 18.9 Å². The Kier molecular flexibility index (Phi) is 11.1. The van der Waals surface area contributed by atoms with Crippen LogP contribution in [0.5, 0.6) is 0 Å². The molecule has 0 aliphatic carbocycles. The molecule has 0 aromatic carbocycles. The number of hydrogen-bond donors (Lipinski definition) is 0. The summed E-state index contributed by atoms with van der Waals surface area (Å²) < 4.78 is 20.0. The molecule has 0 spiro atoms. The van der Waals surface area contributed by atoms with Crippen LogP contribution in [0.1, 0.15) is 60.3 Å². The minimum absolute atomic E-state index is 0.413. The lowest BCUT2D eigenvalue weighted by atomic mass is 10.4. The molecule has 0 rings (SSSR count). The molecule has 26 heavy (non-hydrogen) atoms. The maximum atomic E-state index is 7.21. The third-order valence-electron chi connectivity index (χ3n) is 5.12. The maximum Gasteiger partial charge on any atom is 0.313 e. The fourth-order valence-corrected chi connectivity index (χ4v) is 25.6. The summed E-state index contributed by atoms with van der Waals surface area (Å²) in [6.07, 6.45) is 4.56. The van der Waals surface area contributed by atoms with Crippen LogP contribution in [0.2, 0.25) is 56.4 Å². The summed E-state index contributed by atoms with van der Waals surface area (Å²) in [5.41, 5.74) is 0.825. The van der Waals surface area contributed by atoms with E-state index in [4.69, 9.17) is 23.4 Å². The summed E-state index contributed by atoms with van der Waals surface area (Å²) in [5.74, 6) is 0. The lowest BCUT2D eigenvalue weighted by molar-refractivity contribution is 0.323. The predicted molar refractivity (Wildman–Crippen MR) is 126 cm³/mol. The minimum Gasteiger partial charge on any atom is -0.436 e. The molecule has 0 aromatic heterocycles. The fraction of sp³-hybridized carbons (Fsp3) is 1.00. The Labute approximate surface area is 173 Å². The summed E-state index contributed by atoms with van der Waals surface area (Å²) >= 11 is 7.21. The van der Waals surface area contributed by atoms with E-state index in [1.54, 1.807) is 0 Å². The van der Waals surface area contributed by atoms with Crippen LogP contribution in [0.3, 0.4) is 0 Å². The molecule has 0 aromatic rings. The molecule has 0 N–H and O–H groups in total. The van der Waals surface area contributed by atoms with Gasteiger partial charge in [0.2, 0.25) is 0 Å². The van der Waals surface area contributed by atoms with Gasteiger partial charge in [0.1, 0.15) is 0 Å². The number of halogens is 1. The Bertz CT molecular complexity index is 409. The van der Waals surface area contributed by atoms with Crippen LogP contribution >= 0.6 is 11.1 Å². The summed E-state index contributed by atoms with van der Waals surface area (Å²) in [7, 11) is -8.70. The van der Waals surface area contributed by atoms with Crippen molar-refractivity contribution in [3.8, 4) is 0 Å². The summed E-state index contributed by atoms with van der Waals surface area (Å²) in [5, 5.41) is 0. The van der Waals surface area contributed by atoms with Crippen LogP contribution in [0.25, 0.3) is 0 Å². The molecule has 0 amide bonds. The molecular weight excluding hydrogens is 412 g/mol. The van der Waals surface area contributed by atoms with Gasteiger partial charge in [-0.15, -0.1) is 11.1 Å². The van der Waals surface area contributed by atoms with Crippen molar-refractivity contribution in [1.82, 2.24) is 0 Å². The average molecular weight is 457 g/mol. The molecule has 0 aliphatic rings. The SMILES string of the molecule is CCCC[Si](C)(C)O[Si](C)(C)O[Si](C)(C)O[Si](Cl)(C(C)CC)C(C)CC. The van der Waals surface area contributed by atoms with Gasteiger partial charge in [-0.1, -0.05) is 60.3 Å². The molecule has 0 bridgehead atoms. The monoisotopic (exact) mass is 456 g/mol. The second-order valence-electron chi connectivity index (χ2n) is 9.29. The summed E-state index contributed by atoms with van der Waals surface area (Å²) in [4.78, 5) is 0. The summed E-state index contributed by atoms with van der Waals surface area (Å²) in [6.45, 7) is 24.4. The Hall–Kier alpha value is 1.04. The van der Waals surface area contributed by atoms with E-state index in [1.807, 2.05) is 0 Å². The lowest BCUT2D eigenvalue weighted by Crippen LogP contribution is -2.58. The average Bonchev–Trinajstić information content (AvgIpc) is 2.48. The van der Waals surface area contributed by atoms with E-state index in [2.05, 4.69) is 73.9 Å². The first kappa shape index (κ1) is 27.0. The van der Waals surface area contributed by atoms with Gasteiger partial charge in [0.15, 0.2) is 8.32 Å². The number of rotatable bonds is 13. The van der Waals surface area contributed by atoms with Crippen LogP contribution in [0.4, 0.5) is 0 Å². The molecular formula is C18H45ClO3Si4. The third-order valence-corrected chi connectivity index (χ3v) is 24.4. The second kappa shape index (κ2) is 10.7. The molecule has 2 atom stereocenters. The van der Waals surface area contributed by atoms with Crippen LogP contribution in [-0.2, 0) is 12.3 Å². The highest BCUT2D eigenvalue weighted by Crippen LogP contribution is 2.43. The topological polar surface area (TPSA) is 27.7 Å². The molecule has 0 saturated heterocycles. The molecule has 0 fully saturated rings. The second-order valence-corrected chi connectivity index (χ2v) is 26.5. The maximum absolute atomic E-state index is 7.21. The molecule has 0 heterocycles. The van der Waals surface area contributed by atoms with Crippen molar-refractivity contribution in [3.63, 3.8) is 0 Å². The quantitative estimate of drug-likeness (QED) is 0.209. The highest BCUT2D eigenvalue weighted by Gasteiger charge is 2.50. The first-order chi connectivity index (χ1) is 11.6. The molecule has 0 saturated carbocycles. The Morgan fingerprint density at radius 2 is 1.15 bits per heavy atom. The fourth-order valence-electron chi connectivity index (χ4n) is 3.57. The molecule has 0 aliphatic heterocycles. The van der Waals surface area contributed by atoms with Crippen molar-refractivity contribution >= 4 is 44.1 Å². The van der Waals surface area contributed by atoms with Crippen molar-refractivity contribution in [2.45, 2.75) is 117 Å². The van der Waals surface area contributed by atoms with Crippen LogP contribution < -0.4 is 0 Å². The zero-order valence-corrected chi connectivity index (χ0v) is 24.0. The smallest absolute Gasteiger partial charge is 0.313 e. The van der Waals surface area contributed by atoms with Gasteiger partial charge in [0.05, 0.1) is 0 Å². The number of hydrogen-bond acceptors (Lipinski definition) is 3. The number of unbranched alkanes of at least 4 members (excludes halogenated alkanes) is 1. The largest absolute Gasteiger partial charge is 0.436 e. The zero-order valence-electron chi connectivity index (χ0n) is 19.3. The van der Waals surface area contributed by atoms with Gasteiger partial charge in [0, 0.05) is 0 Å². The van der Waals surface area contributed by atoms with Crippen LogP contribution in [0.15, 0.2) is 0 Å². The molecule has 2 unspecified atom stereocenters. The van der Waals surface area contributed by atoms with E-state index in [-0.39, 0.29) is 0 Å². The van der Waals surface area contributed by atoms with E-state index in [9.17, 15) is 0 Å². The van der Waals surface area contributed by atoms with Gasteiger partial charge in [-0.05, 0) is 56.4 Å². The van der Waals surface area contributed by atoms with Crippen LogP contribution in [0, 0.1) is 0 Å². The van der Waals surface area contributed by atoms with Gasteiger partial charge in [0.25, 0.3) is 7.63 Å². The van der Waals surface area contributed by atoms with Crippen molar-refractivity contribution in [1.29, 1.82) is 0 Å². The van der Waals surface area contributed by atoms with Crippen molar-refractivity contribution in [3.05, 3.63) is 0 Å². The van der Waals surface area contributed by atoms with Crippen molar-refractivity contribution in [2.24, 2.45) is 0 Å². The molecule has 0 radical (unpaired) electrons. The van der Waals surface area contributed by atoms with E-state index < -0.39 is 33.1 Å². The van der Waals surface area contributed by atoms with Crippen molar-refractivity contribution in [2.75, 3.05) is 0 Å². The van der Waals surface area contributed by atoms with Gasteiger partial charge < -0.3 is 12.3 Å². The van der Waals surface area contributed by atoms with Gasteiger partial charge in [-0.25, -0.2) is 0 Å². The van der Waals surface area contributed by atoms with Gasteiger partial charge in [-0.3, -0.25) is 0 Å². The van der Waals surface area contributed by atoms with Gasteiger partial charge >= 0.3 is 17.1 Å². The standard InChI is InChI=1S/C18H45ClO3Si4/c1-12-15-16-23(6,7)20-24(8,9)21-25(10,11)22-26(19,17(4)13-2)18(5)14-3/h17-18H,12-16H2,1-11H3. The van der Waals surface area contributed by atoms with E-state index >= 15 is 0 Å². The van der Waals surface area contributed by atoms with Gasteiger partial charge in [-0.2, -0.15) is 0 Å². The first-order valence-electron chi connectivity index (χ1n) is 10.4. The Morgan fingerprint density at radius 3 is 1.54 bits per heavy atom. The highest BCUT2D eigenvalue weighted by atomic mass is 35.6. The third kappa shape index (κ3) is 9.02. The van der Waals surface area contributed by atoms with E-state index in [0.717, 1.165) is 12.8 Å². The Morgan fingerprint density at radius 1 is 0.731 bits per heavy atom. The lowest BCUT2D eigenvalue weighted by Gasteiger charge is -2.44. The predicted octanol–water partition coefficient (Wildman–Crippen LogP) is 7.73. The van der Waals surface area contributed by atoms with Crippen molar-refractivity contribution < 1.29 is 12.3 Å². The Balaban J connectivity index is 5.24. The van der Waals surface area contributed by atoms with E-state index in [0.29, 0.717) is 11.1 Å². The minimum atomic E-state index is -2.38.